The summed E-state index contributed by atoms with van der Waals surface area (Å²) < 4.78 is 0. The van der Waals surface area contributed by atoms with Crippen LogP contribution in [0.3, 0.4) is 0 Å². The number of rotatable bonds is 4. The molecule has 24 heavy (non-hydrogen) atoms. The van der Waals surface area contributed by atoms with Crippen molar-refractivity contribution in [3.63, 3.8) is 0 Å². The summed E-state index contributed by atoms with van der Waals surface area (Å²) in [4.78, 5) is 4.47. The maximum absolute atomic E-state index is 9.34. The van der Waals surface area contributed by atoms with Gasteiger partial charge in [-0.3, -0.25) is 5.43 Å². The van der Waals surface area contributed by atoms with Gasteiger partial charge in [0.15, 0.2) is 10.7 Å². The van der Waals surface area contributed by atoms with Crippen LogP contribution >= 0.6 is 34.5 Å². The van der Waals surface area contributed by atoms with Gasteiger partial charge in [-0.1, -0.05) is 53.5 Å². The van der Waals surface area contributed by atoms with E-state index in [-0.39, 0.29) is 5.71 Å². The highest BCUT2D eigenvalue weighted by molar-refractivity contribution is 7.12. The molecule has 0 atom stereocenters. The number of nitriles is 1. The lowest BCUT2D eigenvalue weighted by Crippen LogP contribution is -2.01. The van der Waals surface area contributed by atoms with E-state index >= 15 is 0 Å². The Morgan fingerprint density at radius 1 is 1.12 bits per heavy atom. The van der Waals surface area contributed by atoms with Crippen LogP contribution in [0.4, 0.5) is 5.69 Å². The van der Waals surface area contributed by atoms with Gasteiger partial charge in [0.25, 0.3) is 0 Å². The first-order valence-electron chi connectivity index (χ1n) is 6.87. The molecule has 4 nitrogen and oxygen atoms in total. The largest absolute Gasteiger partial charge is 0.277 e. The van der Waals surface area contributed by atoms with E-state index in [1.165, 1.54) is 11.3 Å². The van der Waals surface area contributed by atoms with Gasteiger partial charge in [0.1, 0.15) is 6.07 Å². The molecule has 7 heteroatoms. The van der Waals surface area contributed by atoms with E-state index in [1.807, 2.05) is 35.7 Å². The first-order valence-corrected chi connectivity index (χ1v) is 8.50. The van der Waals surface area contributed by atoms with Gasteiger partial charge in [-0.15, -0.1) is 11.3 Å². The van der Waals surface area contributed by atoms with Crippen LogP contribution in [-0.4, -0.2) is 10.7 Å². The zero-order valence-electron chi connectivity index (χ0n) is 12.2. The first-order chi connectivity index (χ1) is 11.7. The van der Waals surface area contributed by atoms with Gasteiger partial charge in [0, 0.05) is 21.0 Å². The monoisotopic (exact) mass is 372 g/mol. The molecule has 1 N–H and O–H groups in total. The second-order valence-electron chi connectivity index (χ2n) is 4.75. The van der Waals surface area contributed by atoms with Crippen molar-refractivity contribution in [3.8, 4) is 17.3 Å². The Kier molecular flexibility index (Phi) is 5.11. The summed E-state index contributed by atoms with van der Waals surface area (Å²) in [6, 6.07) is 16.8. The molecule has 0 spiro atoms. The summed E-state index contributed by atoms with van der Waals surface area (Å²) in [6.07, 6.45) is 0. The number of thiazole rings is 1. The van der Waals surface area contributed by atoms with Crippen molar-refractivity contribution in [2.45, 2.75) is 0 Å². The van der Waals surface area contributed by atoms with Crippen molar-refractivity contribution < 1.29 is 0 Å². The summed E-state index contributed by atoms with van der Waals surface area (Å²) in [5, 5.41) is 16.9. The lowest BCUT2D eigenvalue weighted by Gasteiger charge is -2.02. The molecule has 0 unspecified atom stereocenters. The molecule has 1 aromatic heterocycles. The molecule has 0 saturated carbocycles. The van der Waals surface area contributed by atoms with E-state index in [0.717, 1.165) is 11.3 Å². The molecular weight excluding hydrogens is 363 g/mol. The molecule has 3 aromatic rings. The third kappa shape index (κ3) is 3.92. The highest BCUT2D eigenvalue weighted by atomic mass is 35.5. The number of halogens is 2. The van der Waals surface area contributed by atoms with E-state index in [0.29, 0.717) is 20.7 Å². The molecule has 0 bridgehead atoms. The molecular formula is C17H10Cl2N4S. The molecule has 2 aromatic carbocycles. The zero-order chi connectivity index (χ0) is 16.9. The van der Waals surface area contributed by atoms with Crippen LogP contribution in [0.2, 0.25) is 10.0 Å². The van der Waals surface area contributed by atoms with Crippen LogP contribution in [0, 0.1) is 11.3 Å². The fraction of sp³-hybridized carbons (Fsp3) is 0. The fourth-order valence-corrected chi connectivity index (χ4v) is 3.28. The minimum absolute atomic E-state index is 0.193. The molecule has 0 aliphatic heterocycles. The van der Waals surface area contributed by atoms with E-state index < -0.39 is 0 Å². The fourth-order valence-electron chi connectivity index (χ4n) is 1.98. The van der Waals surface area contributed by atoms with Crippen LogP contribution in [0.15, 0.2) is 59.0 Å². The van der Waals surface area contributed by atoms with Crippen molar-refractivity contribution >= 4 is 45.9 Å². The second-order valence-corrected chi connectivity index (χ2v) is 6.48. The van der Waals surface area contributed by atoms with Crippen LogP contribution < -0.4 is 5.43 Å². The maximum Gasteiger partial charge on any atom is 0.196 e. The SMILES string of the molecule is N#C/C(=N/Nc1cc(Cl)cc(Cl)c1)c1nc(-c2ccccc2)cs1. The van der Waals surface area contributed by atoms with Gasteiger partial charge in [-0.2, -0.15) is 10.4 Å². The smallest absolute Gasteiger partial charge is 0.196 e. The molecule has 0 aliphatic rings. The first kappa shape index (κ1) is 16.5. The van der Waals surface area contributed by atoms with Crippen LogP contribution in [0.5, 0.6) is 0 Å². The average Bonchev–Trinajstić information content (AvgIpc) is 3.05. The zero-order valence-corrected chi connectivity index (χ0v) is 14.5. The van der Waals surface area contributed by atoms with Crippen molar-refractivity contribution in [1.82, 2.24) is 4.98 Å². The number of nitrogens with one attached hydrogen (secondary N) is 1. The minimum atomic E-state index is 0.193. The highest BCUT2D eigenvalue weighted by Gasteiger charge is 2.10. The van der Waals surface area contributed by atoms with Gasteiger partial charge in [-0.25, -0.2) is 4.98 Å². The Labute approximate surface area is 153 Å². The summed E-state index contributed by atoms with van der Waals surface area (Å²) >= 11 is 13.2. The number of nitrogens with zero attached hydrogens (tertiary/aromatic N) is 3. The number of hydrogen-bond acceptors (Lipinski definition) is 5. The Bertz CT molecular complexity index is 909. The van der Waals surface area contributed by atoms with Gasteiger partial charge in [0.2, 0.25) is 0 Å². The number of hydrogen-bond donors (Lipinski definition) is 1. The summed E-state index contributed by atoms with van der Waals surface area (Å²) in [6.45, 7) is 0. The molecule has 1 heterocycles. The number of benzene rings is 2. The molecule has 0 saturated heterocycles. The predicted octanol–water partition coefficient (Wildman–Crippen LogP) is 5.46. The molecule has 0 aliphatic carbocycles. The number of aromatic nitrogens is 1. The summed E-state index contributed by atoms with van der Waals surface area (Å²) in [5.74, 6) is 0. The third-order valence-corrected chi connectivity index (χ3v) is 4.33. The lowest BCUT2D eigenvalue weighted by atomic mass is 10.2. The van der Waals surface area contributed by atoms with E-state index in [4.69, 9.17) is 23.2 Å². The van der Waals surface area contributed by atoms with Crippen molar-refractivity contribution in [3.05, 3.63) is 69.0 Å². The average molecular weight is 373 g/mol. The van der Waals surface area contributed by atoms with Crippen molar-refractivity contribution in [1.29, 1.82) is 5.26 Å². The van der Waals surface area contributed by atoms with Crippen molar-refractivity contribution in [2.24, 2.45) is 5.10 Å². The van der Waals surface area contributed by atoms with E-state index in [9.17, 15) is 5.26 Å². The predicted molar refractivity (Wildman–Crippen MR) is 99.8 cm³/mol. The number of anilines is 1. The quantitative estimate of drug-likeness (QED) is 0.488. The minimum Gasteiger partial charge on any atom is -0.277 e. The standard InChI is InChI=1S/C17H10Cl2N4S/c18-12-6-13(19)8-14(7-12)22-23-15(9-20)17-21-16(10-24-17)11-4-2-1-3-5-11/h1-8,10,22H/b23-15-. The molecule has 0 radical (unpaired) electrons. The normalized spacial score (nSPS) is 11.1. The van der Waals surface area contributed by atoms with Gasteiger partial charge in [-0.05, 0) is 18.2 Å². The summed E-state index contributed by atoms with van der Waals surface area (Å²) in [7, 11) is 0. The molecule has 118 valence electrons. The van der Waals surface area contributed by atoms with Crippen LogP contribution in [0.1, 0.15) is 5.01 Å². The highest BCUT2D eigenvalue weighted by Crippen LogP contribution is 2.24. The van der Waals surface area contributed by atoms with Gasteiger partial charge in [0.05, 0.1) is 11.4 Å². The Morgan fingerprint density at radius 3 is 2.50 bits per heavy atom. The molecule has 3 rings (SSSR count). The second kappa shape index (κ2) is 7.45. The van der Waals surface area contributed by atoms with Crippen molar-refractivity contribution in [2.75, 3.05) is 5.43 Å². The number of hydrazone groups is 1. The Hall–Kier alpha value is -2.39. The lowest BCUT2D eigenvalue weighted by molar-refractivity contribution is 1.31. The van der Waals surface area contributed by atoms with E-state index in [1.54, 1.807) is 18.2 Å². The topological polar surface area (TPSA) is 61.1 Å². The van der Waals surface area contributed by atoms with E-state index in [2.05, 4.69) is 21.6 Å². The molecule has 0 fully saturated rings. The summed E-state index contributed by atoms with van der Waals surface area (Å²) in [5.41, 5.74) is 5.38. The molecule has 0 amide bonds. The van der Waals surface area contributed by atoms with Crippen LogP contribution in [0.25, 0.3) is 11.3 Å². The van der Waals surface area contributed by atoms with Gasteiger partial charge < -0.3 is 0 Å². The Morgan fingerprint density at radius 2 is 1.83 bits per heavy atom. The Balaban J connectivity index is 1.84. The maximum atomic E-state index is 9.34. The third-order valence-electron chi connectivity index (χ3n) is 3.04. The van der Waals surface area contributed by atoms with Crippen LogP contribution in [-0.2, 0) is 0 Å². The van der Waals surface area contributed by atoms with Gasteiger partial charge >= 0.3 is 0 Å².